The van der Waals surface area contributed by atoms with E-state index in [0.29, 0.717) is 12.1 Å². The molecule has 1 saturated heterocycles. The zero-order valence-corrected chi connectivity index (χ0v) is 16.5. The first-order valence-corrected chi connectivity index (χ1v) is 10.2. The van der Waals surface area contributed by atoms with E-state index in [2.05, 4.69) is 0 Å². The Bertz CT molecular complexity index is 1130. The Labute approximate surface area is 169 Å². The van der Waals surface area contributed by atoms with Gasteiger partial charge < -0.3 is 4.90 Å². The molecule has 2 aromatic rings. The second kappa shape index (κ2) is 8.03. The van der Waals surface area contributed by atoms with Gasteiger partial charge in [-0.3, -0.25) is 14.9 Å². The van der Waals surface area contributed by atoms with Crippen LogP contribution in [0.4, 0.5) is 18.9 Å². The summed E-state index contributed by atoms with van der Waals surface area (Å²) in [7, 11) is -4.45. The normalized spacial score (nSPS) is 15.3. The maximum atomic E-state index is 13.9. The quantitative estimate of drug-likeness (QED) is 0.411. The number of halogens is 3. The van der Waals surface area contributed by atoms with Crippen molar-refractivity contribution in [2.45, 2.75) is 11.8 Å². The lowest BCUT2D eigenvalue weighted by Crippen LogP contribution is -2.50. The summed E-state index contributed by atoms with van der Waals surface area (Å²) in [6, 6.07) is 5.26. The fraction of sp³-hybridized carbons (Fsp3) is 0.278. The van der Waals surface area contributed by atoms with Crippen molar-refractivity contribution in [1.82, 2.24) is 9.21 Å². The Morgan fingerprint density at radius 1 is 1.03 bits per heavy atom. The van der Waals surface area contributed by atoms with E-state index in [1.54, 1.807) is 0 Å². The van der Waals surface area contributed by atoms with Crippen molar-refractivity contribution in [3.05, 3.63) is 69.0 Å². The molecule has 1 aliphatic rings. The Balaban J connectivity index is 1.78. The van der Waals surface area contributed by atoms with Gasteiger partial charge in [-0.1, -0.05) is 6.07 Å². The number of carbonyl (C=O) groups is 1. The molecule has 0 unspecified atom stereocenters. The van der Waals surface area contributed by atoms with Crippen LogP contribution >= 0.6 is 0 Å². The van der Waals surface area contributed by atoms with Gasteiger partial charge in [-0.05, 0) is 25.1 Å². The molecule has 1 fully saturated rings. The van der Waals surface area contributed by atoms with Crippen molar-refractivity contribution >= 4 is 21.6 Å². The number of nitro groups is 1. The summed E-state index contributed by atoms with van der Waals surface area (Å²) in [5.41, 5.74) is 0.0921. The lowest BCUT2D eigenvalue weighted by atomic mass is 10.1. The minimum Gasteiger partial charge on any atom is -0.336 e. The molecule has 30 heavy (non-hydrogen) atoms. The molecule has 0 bridgehead atoms. The minimum absolute atomic E-state index is 0.0640. The summed E-state index contributed by atoms with van der Waals surface area (Å²) in [4.78, 5) is 23.5. The molecule has 0 N–H and O–H groups in total. The summed E-state index contributed by atoms with van der Waals surface area (Å²) >= 11 is 0. The van der Waals surface area contributed by atoms with E-state index >= 15 is 0 Å². The third kappa shape index (κ3) is 3.75. The van der Waals surface area contributed by atoms with Gasteiger partial charge >= 0.3 is 0 Å². The van der Waals surface area contributed by atoms with Crippen molar-refractivity contribution in [2.75, 3.05) is 26.2 Å². The Morgan fingerprint density at radius 2 is 1.67 bits per heavy atom. The molecule has 1 heterocycles. The first-order valence-electron chi connectivity index (χ1n) is 8.72. The molecule has 0 atom stereocenters. The largest absolute Gasteiger partial charge is 0.336 e. The average molecular weight is 443 g/mol. The molecule has 160 valence electrons. The summed E-state index contributed by atoms with van der Waals surface area (Å²) in [5.74, 6) is -5.70. The first kappa shape index (κ1) is 21.7. The van der Waals surface area contributed by atoms with Crippen LogP contribution in [0.25, 0.3) is 0 Å². The Kier molecular flexibility index (Phi) is 5.81. The number of hydrogen-bond acceptors (Lipinski definition) is 5. The molecule has 0 saturated carbocycles. The van der Waals surface area contributed by atoms with Crippen LogP contribution < -0.4 is 0 Å². The van der Waals surface area contributed by atoms with Crippen molar-refractivity contribution in [3.63, 3.8) is 0 Å². The van der Waals surface area contributed by atoms with Gasteiger partial charge in [0.05, 0.1) is 4.92 Å². The second-order valence-electron chi connectivity index (χ2n) is 6.58. The van der Waals surface area contributed by atoms with E-state index in [1.807, 2.05) is 0 Å². The van der Waals surface area contributed by atoms with Gasteiger partial charge in [0.15, 0.2) is 17.5 Å². The van der Waals surface area contributed by atoms with Crippen molar-refractivity contribution < 1.29 is 31.3 Å². The summed E-state index contributed by atoms with van der Waals surface area (Å²) in [6.45, 7) is 0.899. The summed E-state index contributed by atoms with van der Waals surface area (Å²) in [6.07, 6.45) is 0. The number of amides is 1. The van der Waals surface area contributed by atoms with E-state index in [9.17, 15) is 36.5 Å². The van der Waals surface area contributed by atoms with Crippen LogP contribution in [-0.4, -0.2) is 54.6 Å². The van der Waals surface area contributed by atoms with Crippen LogP contribution in [-0.2, 0) is 10.0 Å². The number of piperazine rings is 1. The zero-order valence-electron chi connectivity index (χ0n) is 15.6. The highest BCUT2D eigenvalue weighted by Gasteiger charge is 2.34. The van der Waals surface area contributed by atoms with Gasteiger partial charge in [-0.2, -0.15) is 4.31 Å². The fourth-order valence-corrected chi connectivity index (χ4v) is 4.68. The zero-order chi connectivity index (χ0) is 22.2. The molecular formula is C18H16F3N3O5S. The van der Waals surface area contributed by atoms with Gasteiger partial charge in [0.2, 0.25) is 10.0 Å². The lowest BCUT2D eigenvalue weighted by molar-refractivity contribution is -0.385. The monoisotopic (exact) mass is 443 g/mol. The van der Waals surface area contributed by atoms with Crippen LogP contribution in [0.1, 0.15) is 15.9 Å². The highest BCUT2D eigenvalue weighted by molar-refractivity contribution is 7.89. The van der Waals surface area contributed by atoms with Gasteiger partial charge in [-0.15, -0.1) is 0 Å². The SMILES string of the molecule is Cc1c(C(=O)N2CCN(S(=O)(=O)c3ccc(F)c(F)c3F)CC2)cccc1[N+](=O)[O-]. The number of nitro benzene ring substituents is 1. The van der Waals surface area contributed by atoms with Crippen molar-refractivity contribution in [2.24, 2.45) is 0 Å². The van der Waals surface area contributed by atoms with E-state index in [-0.39, 0.29) is 43.0 Å². The van der Waals surface area contributed by atoms with Crippen LogP contribution in [0.2, 0.25) is 0 Å². The molecule has 3 rings (SSSR count). The van der Waals surface area contributed by atoms with Crippen LogP contribution in [0.15, 0.2) is 35.2 Å². The van der Waals surface area contributed by atoms with E-state index in [1.165, 1.54) is 30.0 Å². The molecular weight excluding hydrogens is 427 g/mol. The average Bonchev–Trinajstić information content (AvgIpc) is 2.71. The van der Waals surface area contributed by atoms with Crippen LogP contribution in [0.5, 0.6) is 0 Å². The molecule has 0 aliphatic carbocycles. The number of nitrogens with zero attached hydrogens (tertiary/aromatic N) is 3. The van der Waals surface area contributed by atoms with Gasteiger partial charge in [0.25, 0.3) is 11.6 Å². The standard InChI is InChI=1S/C18H16F3N3O5S/c1-11-12(3-2-4-14(11)24(26)27)18(25)22-7-9-23(10-8-22)30(28,29)15-6-5-13(19)16(20)17(15)21/h2-6H,7-10H2,1H3. The van der Waals surface area contributed by atoms with E-state index < -0.39 is 43.2 Å². The molecule has 1 amide bonds. The first-order chi connectivity index (χ1) is 14.1. The number of carbonyl (C=O) groups excluding carboxylic acids is 1. The van der Waals surface area contributed by atoms with E-state index in [0.717, 1.165) is 4.31 Å². The smallest absolute Gasteiger partial charge is 0.273 e. The van der Waals surface area contributed by atoms with E-state index in [4.69, 9.17) is 0 Å². The lowest BCUT2D eigenvalue weighted by Gasteiger charge is -2.34. The number of rotatable bonds is 4. The second-order valence-corrected chi connectivity index (χ2v) is 8.48. The highest BCUT2D eigenvalue weighted by Crippen LogP contribution is 2.26. The number of sulfonamides is 1. The maximum absolute atomic E-state index is 13.9. The van der Waals surface area contributed by atoms with Gasteiger partial charge in [0.1, 0.15) is 4.90 Å². The molecule has 1 aliphatic heterocycles. The Hall–Kier alpha value is -2.99. The third-order valence-corrected chi connectivity index (χ3v) is 6.79. The third-order valence-electron chi connectivity index (χ3n) is 4.88. The summed E-state index contributed by atoms with van der Waals surface area (Å²) < 4.78 is 66.6. The molecule has 0 radical (unpaired) electrons. The van der Waals surface area contributed by atoms with Gasteiger partial charge in [-0.25, -0.2) is 21.6 Å². The maximum Gasteiger partial charge on any atom is 0.273 e. The van der Waals surface area contributed by atoms with Crippen LogP contribution in [0.3, 0.4) is 0 Å². The van der Waals surface area contributed by atoms with Crippen molar-refractivity contribution in [1.29, 1.82) is 0 Å². The number of hydrogen-bond donors (Lipinski definition) is 0. The highest BCUT2D eigenvalue weighted by atomic mass is 32.2. The fourth-order valence-electron chi connectivity index (χ4n) is 3.20. The Morgan fingerprint density at radius 3 is 2.27 bits per heavy atom. The molecule has 12 heteroatoms. The molecule has 0 aromatic heterocycles. The van der Waals surface area contributed by atoms with Crippen molar-refractivity contribution in [3.8, 4) is 0 Å². The molecule has 2 aromatic carbocycles. The summed E-state index contributed by atoms with van der Waals surface area (Å²) in [5, 5.41) is 11.1. The molecule has 0 spiro atoms. The predicted octanol–water partition coefficient (Wildman–Crippen LogP) is 2.47. The predicted molar refractivity (Wildman–Crippen MR) is 98.8 cm³/mol. The number of benzene rings is 2. The topological polar surface area (TPSA) is 101 Å². The minimum atomic E-state index is -4.45. The molecule has 8 nitrogen and oxygen atoms in total. The van der Waals surface area contributed by atoms with Gasteiger partial charge in [0, 0.05) is 43.4 Å². The van der Waals surface area contributed by atoms with Crippen LogP contribution in [0, 0.1) is 34.5 Å².